The summed E-state index contributed by atoms with van der Waals surface area (Å²) in [6, 6.07) is 9.68. The van der Waals surface area contributed by atoms with Gasteiger partial charge in [-0.05, 0) is 62.7 Å². The maximum atomic E-state index is 13.2. The van der Waals surface area contributed by atoms with Gasteiger partial charge in [-0.25, -0.2) is 4.39 Å². The number of ether oxygens (including phenoxy) is 1. The van der Waals surface area contributed by atoms with Crippen LogP contribution in [0.2, 0.25) is 0 Å². The van der Waals surface area contributed by atoms with Crippen molar-refractivity contribution in [2.75, 3.05) is 19.5 Å². The third-order valence-electron chi connectivity index (χ3n) is 4.29. The highest BCUT2D eigenvalue weighted by atomic mass is 19.1. The number of hydrogen-bond acceptors (Lipinski definition) is 3. The molecule has 0 radical (unpaired) electrons. The van der Waals surface area contributed by atoms with E-state index in [4.69, 9.17) is 4.74 Å². The molecule has 0 heterocycles. The zero-order valence-corrected chi connectivity index (χ0v) is 15.4. The molecule has 0 bridgehead atoms. The molecule has 1 amide bonds. The first-order chi connectivity index (χ1) is 11.8. The predicted octanol–water partition coefficient (Wildman–Crippen LogP) is 3.91. The van der Waals surface area contributed by atoms with Crippen LogP contribution in [0.3, 0.4) is 0 Å². The fourth-order valence-corrected chi connectivity index (χ4v) is 2.89. The largest absolute Gasteiger partial charge is 0.496 e. The summed E-state index contributed by atoms with van der Waals surface area (Å²) >= 11 is 0. The van der Waals surface area contributed by atoms with Crippen molar-refractivity contribution < 1.29 is 13.9 Å². The Labute approximate surface area is 148 Å². The molecule has 2 rings (SSSR count). The van der Waals surface area contributed by atoms with Gasteiger partial charge in [-0.3, -0.25) is 9.69 Å². The molecule has 1 N–H and O–H groups in total. The molecule has 134 valence electrons. The maximum absolute atomic E-state index is 13.2. The number of aryl methyl sites for hydroxylation is 2. The lowest BCUT2D eigenvalue weighted by molar-refractivity contribution is -0.120. The maximum Gasteiger partial charge on any atom is 0.241 e. The number of carbonyl (C=O) groups excluding carboxylic acids is 1. The second-order valence-electron chi connectivity index (χ2n) is 6.35. The monoisotopic (exact) mass is 344 g/mol. The number of rotatable bonds is 6. The standard InChI is InChI=1S/C20H25FN2O2/c1-13-9-16(10-14(2)19(13)25-5)12-23(4)15(3)20(24)22-18-8-6-7-17(21)11-18/h6-11,15H,12H2,1-5H3,(H,22,24). The zero-order valence-electron chi connectivity index (χ0n) is 15.4. The molecule has 1 unspecified atom stereocenters. The van der Waals surface area contributed by atoms with E-state index in [0.717, 1.165) is 22.4 Å². The van der Waals surface area contributed by atoms with Gasteiger partial charge in [0.1, 0.15) is 11.6 Å². The molecular formula is C20H25FN2O2. The Kier molecular flexibility index (Phi) is 6.15. The molecule has 0 saturated carbocycles. The van der Waals surface area contributed by atoms with Crippen LogP contribution >= 0.6 is 0 Å². The molecule has 25 heavy (non-hydrogen) atoms. The number of nitrogens with zero attached hydrogens (tertiary/aromatic N) is 1. The average Bonchev–Trinajstić information content (AvgIpc) is 2.53. The highest BCUT2D eigenvalue weighted by Crippen LogP contribution is 2.25. The SMILES string of the molecule is COc1c(C)cc(CN(C)C(C)C(=O)Nc2cccc(F)c2)cc1C. The summed E-state index contributed by atoms with van der Waals surface area (Å²) in [5, 5.41) is 2.75. The molecule has 4 nitrogen and oxygen atoms in total. The average molecular weight is 344 g/mol. The van der Waals surface area contributed by atoms with Crippen LogP contribution < -0.4 is 10.1 Å². The van der Waals surface area contributed by atoms with Crippen LogP contribution in [-0.4, -0.2) is 31.0 Å². The summed E-state index contributed by atoms with van der Waals surface area (Å²) in [5.74, 6) is 0.348. The minimum absolute atomic E-state index is 0.171. The molecule has 2 aromatic rings. The van der Waals surface area contributed by atoms with Crippen LogP contribution in [0.5, 0.6) is 5.75 Å². The third-order valence-corrected chi connectivity index (χ3v) is 4.29. The lowest BCUT2D eigenvalue weighted by Crippen LogP contribution is -2.39. The van der Waals surface area contributed by atoms with Crippen molar-refractivity contribution in [1.82, 2.24) is 4.90 Å². The van der Waals surface area contributed by atoms with Crippen LogP contribution in [0.4, 0.5) is 10.1 Å². The normalized spacial score (nSPS) is 12.1. The smallest absolute Gasteiger partial charge is 0.241 e. The van der Waals surface area contributed by atoms with E-state index < -0.39 is 0 Å². The van der Waals surface area contributed by atoms with Crippen LogP contribution in [0.1, 0.15) is 23.6 Å². The number of halogens is 1. The Bertz CT molecular complexity index is 738. The number of nitrogens with one attached hydrogen (secondary N) is 1. The fourth-order valence-electron chi connectivity index (χ4n) is 2.89. The van der Waals surface area contributed by atoms with Crippen molar-refractivity contribution in [3.8, 4) is 5.75 Å². The third kappa shape index (κ3) is 4.79. The highest BCUT2D eigenvalue weighted by Gasteiger charge is 2.19. The van der Waals surface area contributed by atoms with Gasteiger partial charge in [0.05, 0.1) is 13.2 Å². The Balaban J connectivity index is 2.04. The molecule has 0 saturated heterocycles. The molecular weight excluding hydrogens is 319 g/mol. The van der Waals surface area contributed by atoms with E-state index in [0.29, 0.717) is 12.2 Å². The molecule has 0 fully saturated rings. The van der Waals surface area contributed by atoms with E-state index in [-0.39, 0.29) is 17.8 Å². The summed E-state index contributed by atoms with van der Waals surface area (Å²) in [5.41, 5.74) is 3.72. The lowest BCUT2D eigenvalue weighted by atomic mass is 10.0. The van der Waals surface area contributed by atoms with E-state index in [2.05, 4.69) is 17.4 Å². The Morgan fingerprint density at radius 3 is 2.44 bits per heavy atom. The summed E-state index contributed by atoms with van der Waals surface area (Å²) in [4.78, 5) is 14.3. The zero-order chi connectivity index (χ0) is 18.6. The van der Waals surface area contributed by atoms with E-state index in [1.807, 2.05) is 32.7 Å². The second-order valence-corrected chi connectivity index (χ2v) is 6.35. The van der Waals surface area contributed by atoms with E-state index in [9.17, 15) is 9.18 Å². The van der Waals surface area contributed by atoms with Gasteiger partial charge < -0.3 is 10.1 Å². The minimum atomic E-state index is -0.372. The highest BCUT2D eigenvalue weighted by molar-refractivity contribution is 5.94. The van der Waals surface area contributed by atoms with Crippen molar-refractivity contribution in [1.29, 1.82) is 0 Å². The lowest BCUT2D eigenvalue weighted by Gasteiger charge is -2.24. The van der Waals surface area contributed by atoms with E-state index >= 15 is 0 Å². The molecule has 2 aromatic carbocycles. The topological polar surface area (TPSA) is 41.6 Å². The van der Waals surface area contributed by atoms with Crippen LogP contribution in [0, 0.1) is 19.7 Å². The van der Waals surface area contributed by atoms with Crippen molar-refractivity contribution in [3.05, 3.63) is 58.9 Å². The number of likely N-dealkylation sites (N-methyl/N-ethyl adjacent to an activating group) is 1. The Morgan fingerprint density at radius 2 is 1.88 bits per heavy atom. The van der Waals surface area contributed by atoms with Crippen molar-refractivity contribution in [2.24, 2.45) is 0 Å². The molecule has 0 aliphatic heterocycles. The number of methoxy groups -OCH3 is 1. The fraction of sp³-hybridized carbons (Fsp3) is 0.350. The van der Waals surface area contributed by atoms with Crippen LogP contribution in [-0.2, 0) is 11.3 Å². The van der Waals surface area contributed by atoms with Crippen molar-refractivity contribution in [2.45, 2.75) is 33.4 Å². The predicted molar refractivity (Wildman–Crippen MR) is 98.4 cm³/mol. The number of benzene rings is 2. The summed E-state index contributed by atoms with van der Waals surface area (Å²) in [7, 11) is 3.56. The first kappa shape index (κ1) is 18.9. The molecule has 0 aliphatic carbocycles. The van der Waals surface area contributed by atoms with Gasteiger partial charge in [0, 0.05) is 12.2 Å². The molecule has 5 heteroatoms. The Hall–Kier alpha value is -2.40. The van der Waals surface area contributed by atoms with Crippen LogP contribution in [0.25, 0.3) is 0 Å². The Morgan fingerprint density at radius 1 is 1.24 bits per heavy atom. The molecule has 1 atom stereocenters. The summed E-state index contributed by atoms with van der Waals surface area (Å²) in [6.07, 6.45) is 0. The van der Waals surface area contributed by atoms with Gasteiger partial charge in [-0.1, -0.05) is 18.2 Å². The first-order valence-corrected chi connectivity index (χ1v) is 8.22. The van der Waals surface area contributed by atoms with Crippen molar-refractivity contribution >= 4 is 11.6 Å². The molecule has 0 spiro atoms. The minimum Gasteiger partial charge on any atom is -0.496 e. The summed E-state index contributed by atoms with van der Waals surface area (Å²) < 4.78 is 18.6. The van der Waals surface area contributed by atoms with Crippen molar-refractivity contribution in [3.63, 3.8) is 0 Å². The number of carbonyl (C=O) groups is 1. The van der Waals surface area contributed by atoms with Crippen LogP contribution in [0.15, 0.2) is 36.4 Å². The van der Waals surface area contributed by atoms with Gasteiger partial charge in [0.25, 0.3) is 0 Å². The van der Waals surface area contributed by atoms with Gasteiger partial charge in [0.2, 0.25) is 5.91 Å². The van der Waals surface area contributed by atoms with Gasteiger partial charge >= 0.3 is 0 Å². The van der Waals surface area contributed by atoms with E-state index in [1.54, 1.807) is 19.2 Å². The molecule has 0 aliphatic rings. The quantitative estimate of drug-likeness (QED) is 0.864. The van der Waals surface area contributed by atoms with Gasteiger partial charge in [-0.2, -0.15) is 0 Å². The van der Waals surface area contributed by atoms with Gasteiger partial charge in [0.15, 0.2) is 0 Å². The molecule has 0 aromatic heterocycles. The number of hydrogen-bond donors (Lipinski definition) is 1. The van der Waals surface area contributed by atoms with Gasteiger partial charge in [-0.15, -0.1) is 0 Å². The number of anilines is 1. The van der Waals surface area contributed by atoms with E-state index in [1.165, 1.54) is 12.1 Å². The first-order valence-electron chi connectivity index (χ1n) is 8.22. The number of amides is 1. The summed E-state index contributed by atoms with van der Waals surface area (Å²) in [6.45, 7) is 6.48. The second kappa shape index (κ2) is 8.12.